The summed E-state index contributed by atoms with van der Waals surface area (Å²) >= 11 is 3.49. The van der Waals surface area contributed by atoms with E-state index >= 15 is 0 Å². The number of benzene rings is 2. The van der Waals surface area contributed by atoms with Gasteiger partial charge in [0, 0.05) is 17.1 Å². The van der Waals surface area contributed by atoms with Crippen molar-refractivity contribution >= 4 is 21.8 Å². The van der Waals surface area contributed by atoms with E-state index in [0.29, 0.717) is 36.8 Å². The predicted molar refractivity (Wildman–Crippen MR) is 104 cm³/mol. The fraction of sp³-hybridized carbons (Fsp3) is 0.381. The third kappa shape index (κ3) is 4.69. The van der Waals surface area contributed by atoms with Crippen LogP contribution >= 0.6 is 15.9 Å². The standard InChI is InChI=1S/C21H19BrF3NO3/c22-17-11-19-18(28-7-8-29-19)9-14(17)10-20(27)26(16-5-6-16)12-13-1-3-15(4-2-13)21(23,24)25/h1-4,9,11,16H,5-8,10,12H2. The third-order valence-electron chi connectivity index (χ3n) is 5.00. The average Bonchev–Trinajstić information content (AvgIpc) is 3.51. The van der Waals surface area contributed by atoms with Crippen LogP contribution in [0.5, 0.6) is 11.5 Å². The number of amides is 1. The highest BCUT2D eigenvalue weighted by Crippen LogP contribution is 2.37. The van der Waals surface area contributed by atoms with Gasteiger partial charge in [0.15, 0.2) is 11.5 Å². The number of rotatable bonds is 5. The molecule has 1 aliphatic heterocycles. The molecule has 1 aliphatic carbocycles. The van der Waals surface area contributed by atoms with Gasteiger partial charge in [-0.1, -0.05) is 28.1 Å². The molecule has 4 nitrogen and oxygen atoms in total. The second-order valence-electron chi connectivity index (χ2n) is 7.21. The quantitative estimate of drug-likeness (QED) is 0.620. The zero-order chi connectivity index (χ0) is 20.6. The van der Waals surface area contributed by atoms with Gasteiger partial charge in [-0.25, -0.2) is 0 Å². The lowest BCUT2D eigenvalue weighted by atomic mass is 10.1. The molecule has 2 aromatic carbocycles. The fourth-order valence-corrected chi connectivity index (χ4v) is 3.77. The maximum atomic E-state index is 13.0. The van der Waals surface area contributed by atoms with Crippen molar-refractivity contribution in [2.75, 3.05) is 13.2 Å². The minimum atomic E-state index is -4.37. The zero-order valence-corrected chi connectivity index (χ0v) is 17.1. The van der Waals surface area contributed by atoms with Crippen LogP contribution in [0.1, 0.15) is 29.5 Å². The van der Waals surface area contributed by atoms with Gasteiger partial charge >= 0.3 is 6.18 Å². The van der Waals surface area contributed by atoms with E-state index in [1.54, 1.807) is 17.0 Å². The average molecular weight is 470 g/mol. The minimum absolute atomic E-state index is 0.0650. The Morgan fingerprint density at radius 2 is 1.69 bits per heavy atom. The van der Waals surface area contributed by atoms with Gasteiger partial charge in [-0.05, 0) is 48.2 Å². The second-order valence-corrected chi connectivity index (χ2v) is 8.07. The SMILES string of the molecule is O=C(Cc1cc2c(cc1Br)OCCO2)N(Cc1ccc(C(F)(F)F)cc1)C1CC1. The minimum Gasteiger partial charge on any atom is -0.486 e. The summed E-state index contributed by atoms with van der Waals surface area (Å²) in [6.07, 6.45) is -2.37. The molecule has 0 radical (unpaired) electrons. The molecule has 1 heterocycles. The van der Waals surface area contributed by atoms with Crippen molar-refractivity contribution in [3.8, 4) is 11.5 Å². The molecular weight excluding hydrogens is 451 g/mol. The van der Waals surface area contributed by atoms with Gasteiger partial charge in [0.2, 0.25) is 5.91 Å². The van der Waals surface area contributed by atoms with E-state index in [9.17, 15) is 18.0 Å². The summed E-state index contributed by atoms with van der Waals surface area (Å²) in [5.41, 5.74) is 0.780. The van der Waals surface area contributed by atoms with E-state index in [0.717, 1.165) is 35.0 Å². The maximum absolute atomic E-state index is 13.0. The Hall–Kier alpha value is -2.22. The lowest BCUT2D eigenvalue weighted by Gasteiger charge is -2.24. The molecule has 8 heteroatoms. The van der Waals surface area contributed by atoms with Crippen LogP contribution in [-0.4, -0.2) is 30.1 Å². The summed E-state index contributed by atoms with van der Waals surface area (Å²) in [7, 11) is 0. The van der Waals surface area contributed by atoms with Crippen LogP contribution in [0.25, 0.3) is 0 Å². The summed E-state index contributed by atoms with van der Waals surface area (Å²) in [6, 6.07) is 8.73. The Balaban J connectivity index is 1.49. The van der Waals surface area contributed by atoms with Gasteiger partial charge in [-0.15, -0.1) is 0 Å². The summed E-state index contributed by atoms with van der Waals surface area (Å²) in [5.74, 6) is 1.19. The molecule has 0 N–H and O–H groups in total. The predicted octanol–water partition coefficient (Wildman–Crippen LogP) is 4.97. The molecule has 2 aliphatic rings. The molecule has 0 atom stereocenters. The van der Waals surface area contributed by atoms with E-state index in [1.807, 2.05) is 0 Å². The first-order valence-corrected chi connectivity index (χ1v) is 10.1. The summed E-state index contributed by atoms with van der Waals surface area (Å²) in [4.78, 5) is 14.8. The summed E-state index contributed by atoms with van der Waals surface area (Å²) < 4.78 is 50.2. The molecule has 0 aromatic heterocycles. The first-order valence-electron chi connectivity index (χ1n) is 9.35. The van der Waals surface area contributed by atoms with E-state index in [-0.39, 0.29) is 18.4 Å². The van der Waals surface area contributed by atoms with E-state index in [1.165, 1.54) is 12.1 Å². The number of alkyl halides is 3. The van der Waals surface area contributed by atoms with Gasteiger partial charge < -0.3 is 14.4 Å². The number of halogens is 4. The van der Waals surface area contributed by atoms with Gasteiger partial charge in [0.25, 0.3) is 0 Å². The van der Waals surface area contributed by atoms with Crippen LogP contribution in [0.2, 0.25) is 0 Å². The number of nitrogens with zero attached hydrogens (tertiary/aromatic N) is 1. The topological polar surface area (TPSA) is 38.8 Å². The highest BCUT2D eigenvalue weighted by atomic mass is 79.9. The Morgan fingerprint density at radius 1 is 1.07 bits per heavy atom. The number of carbonyl (C=O) groups excluding carboxylic acids is 1. The summed E-state index contributed by atoms with van der Waals surface area (Å²) in [6.45, 7) is 1.24. The molecule has 1 fully saturated rings. The van der Waals surface area contributed by atoms with E-state index < -0.39 is 11.7 Å². The van der Waals surface area contributed by atoms with Crippen LogP contribution in [0.15, 0.2) is 40.9 Å². The Morgan fingerprint density at radius 3 is 2.28 bits per heavy atom. The molecular formula is C21H19BrF3NO3. The van der Waals surface area contributed by atoms with Gasteiger partial charge in [-0.3, -0.25) is 4.79 Å². The zero-order valence-electron chi connectivity index (χ0n) is 15.5. The Labute approximate surface area is 174 Å². The van der Waals surface area contributed by atoms with E-state index in [4.69, 9.17) is 9.47 Å². The first-order chi connectivity index (χ1) is 13.8. The van der Waals surface area contributed by atoms with Gasteiger partial charge in [0.1, 0.15) is 13.2 Å². The molecule has 0 saturated heterocycles. The monoisotopic (exact) mass is 469 g/mol. The summed E-state index contributed by atoms with van der Waals surface area (Å²) in [5, 5.41) is 0. The van der Waals surface area contributed by atoms with Crippen LogP contribution < -0.4 is 9.47 Å². The lowest BCUT2D eigenvalue weighted by Crippen LogP contribution is -2.34. The van der Waals surface area contributed by atoms with Crippen molar-refractivity contribution in [1.82, 2.24) is 4.90 Å². The number of ether oxygens (including phenoxy) is 2. The van der Waals surface area contributed by atoms with Crippen molar-refractivity contribution in [2.45, 2.75) is 38.0 Å². The Bertz CT molecular complexity index is 911. The van der Waals surface area contributed by atoms with Crippen LogP contribution in [0, 0.1) is 0 Å². The Kier molecular flexibility index (Phi) is 5.46. The number of hydrogen-bond donors (Lipinski definition) is 0. The molecule has 29 heavy (non-hydrogen) atoms. The number of carbonyl (C=O) groups is 1. The second kappa shape index (κ2) is 7.89. The normalized spacial score (nSPS) is 15.9. The molecule has 0 unspecified atom stereocenters. The maximum Gasteiger partial charge on any atom is 0.416 e. The van der Waals surface area contributed by atoms with Crippen molar-refractivity contribution in [3.05, 3.63) is 57.6 Å². The van der Waals surface area contributed by atoms with Crippen molar-refractivity contribution in [3.63, 3.8) is 0 Å². The number of fused-ring (bicyclic) bond motifs is 1. The molecule has 0 spiro atoms. The molecule has 4 rings (SSSR count). The smallest absolute Gasteiger partial charge is 0.416 e. The highest BCUT2D eigenvalue weighted by molar-refractivity contribution is 9.10. The molecule has 1 amide bonds. The van der Waals surface area contributed by atoms with Crippen LogP contribution in [0.3, 0.4) is 0 Å². The van der Waals surface area contributed by atoms with Gasteiger partial charge in [0.05, 0.1) is 12.0 Å². The number of hydrogen-bond acceptors (Lipinski definition) is 3. The van der Waals surface area contributed by atoms with E-state index in [2.05, 4.69) is 15.9 Å². The molecule has 1 saturated carbocycles. The largest absolute Gasteiger partial charge is 0.486 e. The highest BCUT2D eigenvalue weighted by Gasteiger charge is 2.34. The third-order valence-corrected chi connectivity index (χ3v) is 5.73. The first kappa shape index (κ1) is 20.1. The van der Waals surface area contributed by atoms with Crippen molar-refractivity contribution in [2.24, 2.45) is 0 Å². The fourth-order valence-electron chi connectivity index (χ4n) is 3.31. The lowest BCUT2D eigenvalue weighted by molar-refractivity contribution is -0.137. The molecule has 0 bridgehead atoms. The molecule has 154 valence electrons. The molecule has 2 aromatic rings. The van der Waals surface area contributed by atoms with Crippen molar-refractivity contribution < 1.29 is 27.4 Å². The van der Waals surface area contributed by atoms with Crippen molar-refractivity contribution in [1.29, 1.82) is 0 Å². The van der Waals surface area contributed by atoms with Gasteiger partial charge in [-0.2, -0.15) is 13.2 Å². The van der Waals surface area contributed by atoms with Crippen LogP contribution in [0.4, 0.5) is 13.2 Å². The van der Waals surface area contributed by atoms with Crippen LogP contribution in [-0.2, 0) is 23.9 Å².